The number of benzene rings is 1. The Bertz CT molecular complexity index is 927. The third-order valence-electron chi connectivity index (χ3n) is 4.93. The first-order valence-electron chi connectivity index (χ1n) is 9.28. The molecule has 1 aliphatic heterocycles. The number of carbonyl (C=O) groups is 1. The fraction of sp³-hybridized carbons (Fsp3) is 0.333. The molecule has 1 aromatic carbocycles. The zero-order valence-corrected chi connectivity index (χ0v) is 15.4. The predicted molar refractivity (Wildman–Crippen MR) is 105 cm³/mol. The molecule has 0 spiro atoms. The number of nitrogens with zero attached hydrogens (tertiary/aromatic N) is 2. The summed E-state index contributed by atoms with van der Waals surface area (Å²) >= 11 is 0. The van der Waals surface area contributed by atoms with Crippen LogP contribution in [0.3, 0.4) is 0 Å². The zero-order chi connectivity index (χ0) is 18.6. The van der Waals surface area contributed by atoms with Gasteiger partial charge in [0.2, 0.25) is 5.91 Å². The van der Waals surface area contributed by atoms with Gasteiger partial charge in [0.25, 0.3) is 0 Å². The number of fused-ring (bicyclic) bond motifs is 1. The molecule has 1 N–H and O–H groups in total. The lowest BCUT2D eigenvalue weighted by Crippen LogP contribution is -2.30. The second-order valence-corrected chi connectivity index (χ2v) is 6.80. The molecule has 0 bridgehead atoms. The van der Waals surface area contributed by atoms with Crippen molar-refractivity contribution in [3.8, 4) is 5.75 Å². The van der Waals surface area contributed by atoms with E-state index in [0.717, 1.165) is 35.6 Å². The molecule has 1 fully saturated rings. The number of carbonyl (C=O) groups excluding carboxylic acids is 1. The summed E-state index contributed by atoms with van der Waals surface area (Å²) in [6.45, 7) is 2.11. The van der Waals surface area contributed by atoms with Crippen molar-refractivity contribution in [3.05, 3.63) is 48.4 Å². The van der Waals surface area contributed by atoms with Gasteiger partial charge in [0.15, 0.2) is 0 Å². The minimum atomic E-state index is -0.0963. The van der Waals surface area contributed by atoms with E-state index in [1.54, 1.807) is 19.6 Å². The van der Waals surface area contributed by atoms with Crippen LogP contribution in [0.1, 0.15) is 24.8 Å². The average molecular weight is 365 g/mol. The Kier molecular flexibility index (Phi) is 4.96. The van der Waals surface area contributed by atoms with E-state index in [1.807, 2.05) is 30.3 Å². The molecule has 3 aromatic rings. The van der Waals surface area contributed by atoms with Crippen molar-refractivity contribution < 1.29 is 13.9 Å². The Balaban J connectivity index is 1.40. The number of anilines is 2. The van der Waals surface area contributed by atoms with E-state index in [9.17, 15) is 4.79 Å². The Hall–Kier alpha value is -3.02. The third kappa shape index (κ3) is 3.89. The number of rotatable bonds is 5. The van der Waals surface area contributed by atoms with Gasteiger partial charge in [-0.05, 0) is 43.5 Å². The topological polar surface area (TPSA) is 67.6 Å². The molecule has 0 radical (unpaired) electrons. The summed E-state index contributed by atoms with van der Waals surface area (Å²) in [5.41, 5.74) is 2.27. The number of hydrogen-bond acceptors (Lipinski definition) is 5. The maximum absolute atomic E-state index is 12.4. The molecule has 1 aliphatic rings. The van der Waals surface area contributed by atoms with Crippen LogP contribution >= 0.6 is 0 Å². The van der Waals surface area contributed by atoms with Crippen LogP contribution < -0.4 is 15.0 Å². The standard InChI is InChI=1S/C21H23N3O3/c1-26-17-6-7-18-15(14-27-19(18)12-17)11-21(25)23-16-5-8-20(22-13-16)24-9-3-2-4-10-24/h5-8,12-14H,2-4,9-11H2,1H3,(H,23,25). The lowest BCUT2D eigenvalue weighted by Gasteiger charge is -2.27. The SMILES string of the molecule is COc1ccc2c(CC(=O)Nc3ccc(N4CCCCC4)nc3)coc2c1. The molecule has 1 saturated heterocycles. The summed E-state index contributed by atoms with van der Waals surface area (Å²) in [6.07, 6.45) is 7.31. The first-order valence-corrected chi connectivity index (χ1v) is 9.28. The van der Waals surface area contributed by atoms with Crippen molar-refractivity contribution in [2.24, 2.45) is 0 Å². The number of pyridine rings is 1. The number of methoxy groups -OCH3 is 1. The van der Waals surface area contributed by atoms with E-state index in [2.05, 4.69) is 15.2 Å². The van der Waals surface area contributed by atoms with Gasteiger partial charge in [-0.25, -0.2) is 4.98 Å². The number of nitrogens with one attached hydrogen (secondary N) is 1. The normalized spacial score (nSPS) is 14.3. The highest BCUT2D eigenvalue weighted by Gasteiger charge is 2.14. The van der Waals surface area contributed by atoms with Gasteiger partial charge in [0, 0.05) is 30.1 Å². The van der Waals surface area contributed by atoms with Crippen molar-refractivity contribution in [1.82, 2.24) is 4.98 Å². The molecular weight excluding hydrogens is 342 g/mol. The second kappa shape index (κ2) is 7.70. The Morgan fingerprint density at radius 3 is 2.81 bits per heavy atom. The van der Waals surface area contributed by atoms with E-state index in [-0.39, 0.29) is 12.3 Å². The molecule has 3 heterocycles. The van der Waals surface area contributed by atoms with Gasteiger partial charge in [-0.3, -0.25) is 4.79 Å². The van der Waals surface area contributed by atoms with E-state index in [0.29, 0.717) is 11.3 Å². The van der Waals surface area contributed by atoms with Crippen molar-refractivity contribution in [3.63, 3.8) is 0 Å². The van der Waals surface area contributed by atoms with Crippen LogP contribution in [0.25, 0.3) is 11.0 Å². The van der Waals surface area contributed by atoms with Crippen molar-refractivity contribution in [2.45, 2.75) is 25.7 Å². The summed E-state index contributed by atoms with van der Waals surface area (Å²) in [5.74, 6) is 1.61. The van der Waals surface area contributed by atoms with E-state index in [4.69, 9.17) is 9.15 Å². The number of ether oxygens (including phenoxy) is 1. The van der Waals surface area contributed by atoms with Crippen LogP contribution in [-0.4, -0.2) is 31.1 Å². The predicted octanol–water partition coefficient (Wildman–Crippen LogP) is 4.01. The van der Waals surface area contributed by atoms with Gasteiger partial charge >= 0.3 is 0 Å². The lowest BCUT2D eigenvalue weighted by molar-refractivity contribution is -0.115. The molecule has 0 atom stereocenters. The molecule has 0 saturated carbocycles. The molecule has 140 valence electrons. The quantitative estimate of drug-likeness (QED) is 0.740. The van der Waals surface area contributed by atoms with Gasteiger partial charge in [0.1, 0.15) is 17.2 Å². The molecule has 0 unspecified atom stereocenters. The maximum Gasteiger partial charge on any atom is 0.228 e. The van der Waals surface area contributed by atoms with Gasteiger partial charge < -0.3 is 19.4 Å². The van der Waals surface area contributed by atoms with Gasteiger partial charge in [-0.15, -0.1) is 0 Å². The first-order chi connectivity index (χ1) is 13.2. The van der Waals surface area contributed by atoms with Crippen LogP contribution in [0.15, 0.2) is 47.2 Å². The van der Waals surface area contributed by atoms with E-state index in [1.165, 1.54) is 19.3 Å². The lowest BCUT2D eigenvalue weighted by atomic mass is 10.1. The number of hydrogen-bond donors (Lipinski definition) is 1. The van der Waals surface area contributed by atoms with Crippen molar-refractivity contribution in [2.75, 3.05) is 30.4 Å². The fourth-order valence-electron chi connectivity index (χ4n) is 3.48. The number of aromatic nitrogens is 1. The largest absolute Gasteiger partial charge is 0.497 e. The van der Waals surface area contributed by atoms with E-state index >= 15 is 0 Å². The molecule has 0 aliphatic carbocycles. The smallest absolute Gasteiger partial charge is 0.228 e. The summed E-state index contributed by atoms with van der Waals surface area (Å²) in [4.78, 5) is 19.2. The highest BCUT2D eigenvalue weighted by atomic mass is 16.5. The maximum atomic E-state index is 12.4. The fourth-order valence-corrected chi connectivity index (χ4v) is 3.48. The highest BCUT2D eigenvalue weighted by molar-refractivity contribution is 5.95. The van der Waals surface area contributed by atoms with Crippen LogP contribution in [0.2, 0.25) is 0 Å². The van der Waals surface area contributed by atoms with Crippen LogP contribution in [0.4, 0.5) is 11.5 Å². The molecule has 27 heavy (non-hydrogen) atoms. The summed E-state index contributed by atoms with van der Waals surface area (Å²) in [5, 5.41) is 3.83. The minimum absolute atomic E-state index is 0.0963. The number of amides is 1. The molecular formula is C21H23N3O3. The van der Waals surface area contributed by atoms with Crippen LogP contribution in [-0.2, 0) is 11.2 Å². The minimum Gasteiger partial charge on any atom is -0.497 e. The monoisotopic (exact) mass is 365 g/mol. The van der Waals surface area contributed by atoms with Crippen molar-refractivity contribution >= 4 is 28.4 Å². The average Bonchev–Trinajstić information content (AvgIpc) is 3.11. The van der Waals surface area contributed by atoms with E-state index < -0.39 is 0 Å². The van der Waals surface area contributed by atoms with Crippen molar-refractivity contribution in [1.29, 1.82) is 0 Å². The Morgan fingerprint density at radius 1 is 1.22 bits per heavy atom. The zero-order valence-electron chi connectivity index (χ0n) is 15.4. The summed E-state index contributed by atoms with van der Waals surface area (Å²) < 4.78 is 10.7. The molecule has 2 aromatic heterocycles. The molecule has 6 nitrogen and oxygen atoms in total. The highest BCUT2D eigenvalue weighted by Crippen LogP contribution is 2.26. The molecule has 1 amide bonds. The Morgan fingerprint density at radius 2 is 2.07 bits per heavy atom. The van der Waals surface area contributed by atoms with Crippen LogP contribution in [0, 0.1) is 0 Å². The number of furan rings is 1. The molecule has 4 rings (SSSR count). The van der Waals surface area contributed by atoms with Gasteiger partial charge in [-0.2, -0.15) is 0 Å². The number of piperidine rings is 1. The van der Waals surface area contributed by atoms with Gasteiger partial charge in [-0.1, -0.05) is 0 Å². The third-order valence-corrected chi connectivity index (χ3v) is 4.93. The second-order valence-electron chi connectivity index (χ2n) is 6.80. The first kappa shape index (κ1) is 17.4. The van der Waals surface area contributed by atoms with Gasteiger partial charge in [0.05, 0.1) is 31.7 Å². The Labute approximate surface area is 158 Å². The molecule has 6 heteroatoms. The summed E-state index contributed by atoms with van der Waals surface area (Å²) in [6, 6.07) is 9.48. The summed E-state index contributed by atoms with van der Waals surface area (Å²) in [7, 11) is 1.61. The van der Waals surface area contributed by atoms with Crippen LogP contribution in [0.5, 0.6) is 5.75 Å².